The smallest absolute Gasteiger partial charge is 0.124 e. The van der Waals surface area contributed by atoms with E-state index in [0.29, 0.717) is 5.92 Å². The van der Waals surface area contributed by atoms with Gasteiger partial charge < -0.3 is 14.6 Å². The van der Waals surface area contributed by atoms with Crippen LogP contribution >= 0.6 is 0 Å². The molecule has 0 unspecified atom stereocenters. The summed E-state index contributed by atoms with van der Waals surface area (Å²) in [4.78, 5) is 12.1. The van der Waals surface area contributed by atoms with Crippen molar-refractivity contribution < 1.29 is 5.11 Å². The van der Waals surface area contributed by atoms with Crippen molar-refractivity contribution in [3.8, 4) is 0 Å². The van der Waals surface area contributed by atoms with Crippen LogP contribution in [0.1, 0.15) is 19.7 Å². The Kier molecular flexibility index (Phi) is 5.50. The van der Waals surface area contributed by atoms with Crippen molar-refractivity contribution >= 4 is 11.0 Å². The summed E-state index contributed by atoms with van der Waals surface area (Å²) in [5.41, 5.74) is 2.29. The minimum Gasteiger partial charge on any atom is -0.390 e. The topological polar surface area (TPSA) is 47.8 Å². The largest absolute Gasteiger partial charge is 0.390 e. The van der Waals surface area contributed by atoms with E-state index in [1.54, 1.807) is 0 Å². The SMILES string of the molecule is CC(C)Cn1c(CN2C[C@@H](O)[C@H](N3CCN(C)CC3)C2)nc2ccccc21. The van der Waals surface area contributed by atoms with E-state index in [2.05, 4.69) is 64.4 Å². The average Bonchev–Trinajstić information content (AvgIpc) is 3.16. The zero-order valence-electron chi connectivity index (χ0n) is 16.9. The van der Waals surface area contributed by atoms with E-state index in [-0.39, 0.29) is 12.1 Å². The fraction of sp³-hybridized carbons (Fsp3) is 0.667. The number of β-amino-alcohol motifs (C(OH)–C–C–N with tert-alkyl or cyclic N) is 1. The standard InChI is InChI=1S/C21H33N5O/c1-16(2)12-26-18-7-5-4-6-17(18)22-21(26)15-24-13-19(20(27)14-24)25-10-8-23(3)9-11-25/h4-7,16,19-20,27H,8-15H2,1-3H3/t19-,20-/m1/s1. The van der Waals surface area contributed by atoms with Gasteiger partial charge in [-0.2, -0.15) is 0 Å². The van der Waals surface area contributed by atoms with Crippen LogP contribution in [0.25, 0.3) is 11.0 Å². The highest BCUT2D eigenvalue weighted by atomic mass is 16.3. The molecule has 2 aliphatic heterocycles. The molecule has 2 fully saturated rings. The lowest BCUT2D eigenvalue weighted by Gasteiger charge is -2.37. The highest BCUT2D eigenvalue weighted by Crippen LogP contribution is 2.23. The van der Waals surface area contributed by atoms with E-state index in [9.17, 15) is 5.11 Å². The maximum absolute atomic E-state index is 10.7. The third kappa shape index (κ3) is 4.04. The zero-order valence-corrected chi connectivity index (χ0v) is 16.9. The molecule has 0 bridgehead atoms. The summed E-state index contributed by atoms with van der Waals surface area (Å²) in [5, 5.41) is 10.7. The van der Waals surface area contributed by atoms with Gasteiger partial charge in [-0.25, -0.2) is 4.98 Å². The number of aliphatic hydroxyl groups is 1. The summed E-state index contributed by atoms with van der Waals surface area (Å²) in [6.07, 6.45) is -0.267. The predicted molar refractivity (Wildman–Crippen MR) is 109 cm³/mol. The highest BCUT2D eigenvalue weighted by Gasteiger charge is 2.36. The third-order valence-electron chi connectivity index (χ3n) is 5.99. The molecule has 0 spiro atoms. The molecule has 2 aromatic rings. The molecule has 6 nitrogen and oxygen atoms in total. The van der Waals surface area contributed by atoms with Crippen LogP contribution in [-0.2, 0) is 13.1 Å². The van der Waals surface area contributed by atoms with Gasteiger partial charge in [-0.1, -0.05) is 26.0 Å². The van der Waals surface area contributed by atoms with E-state index < -0.39 is 0 Å². The number of likely N-dealkylation sites (N-methyl/N-ethyl adjacent to an activating group) is 1. The number of benzene rings is 1. The molecule has 3 heterocycles. The lowest BCUT2D eigenvalue weighted by molar-refractivity contribution is 0.0512. The van der Waals surface area contributed by atoms with Crippen molar-refractivity contribution in [3.63, 3.8) is 0 Å². The predicted octanol–water partition coefficient (Wildman–Crippen LogP) is 1.48. The van der Waals surface area contributed by atoms with Crippen molar-refractivity contribution in [2.24, 2.45) is 5.92 Å². The third-order valence-corrected chi connectivity index (χ3v) is 5.99. The molecular weight excluding hydrogens is 338 g/mol. The number of nitrogens with zero attached hydrogens (tertiary/aromatic N) is 5. The van der Waals surface area contributed by atoms with Gasteiger partial charge in [-0.3, -0.25) is 9.80 Å². The highest BCUT2D eigenvalue weighted by molar-refractivity contribution is 5.75. The number of aromatic nitrogens is 2. The van der Waals surface area contributed by atoms with Gasteiger partial charge in [0, 0.05) is 51.9 Å². The lowest BCUT2D eigenvalue weighted by atomic mass is 10.1. The van der Waals surface area contributed by atoms with E-state index in [1.165, 1.54) is 5.52 Å². The Morgan fingerprint density at radius 2 is 1.85 bits per heavy atom. The van der Waals surface area contributed by atoms with E-state index >= 15 is 0 Å². The fourth-order valence-electron chi connectivity index (χ4n) is 4.50. The van der Waals surface area contributed by atoms with Crippen LogP contribution in [0.3, 0.4) is 0 Å². The lowest BCUT2D eigenvalue weighted by Crippen LogP contribution is -2.52. The quantitative estimate of drug-likeness (QED) is 0.863. The van der Waals surface area contributed by atoms with Gasteiger partial charge >= 0.3 is 0 Å². The summed E-state index contributed by atoms with van der Waals surface area (Å²) < 4.78 is 2.37. The van der Waals surface area contributed by atoms with Crippen molar-refractivity contribution in [2.75, 3.05) is 46.3 Å². The molecule has 1 aromatic heterocycles. The first-order chi connectivity index (χ1) is 13.0. The number of fused-ring (bicyclic) bond motifs is 1. The Morgan fingerprint density at radius 1 is 1.11 bits per heavy atom. The molecule has 0 radical (unpaired) electrons. The summed E-state index contributed by atoms with van der Waals surface area (Å²) in [5.74, 6) is 1.69. The molecule has 0 amide bonds. The number of para-hydroxylation sites is 2. The molecule has 1 N–H and O–H groups in total. The fourth-order valence-corrected chi connectivity index (χ4v) is 4.50. The van der Waals surface area contributed by atoms with Crippen LogP contribution in [0.4, 0.5) is 0 Å². The molecule has 148 valence electrons. The van der Waals surface area contributed by atoms with Gasteiger partial charge in [0.05, 0.1) is 23.7 Å². The zero-order chi connectivity index (χ0) is 19.0. The van der Waals surface area contributed by atoms with Gasteiger partial charge in [-0.15, -0.1) is 0 Å². The number of hydrogen-bond donors (Lipinski definition) is 1. The Morgan fingerprint density at radius 3 is 2.59 bits per heavy atom. The number of likely N-dealkylation sites (tertiary alicyclic amines) is 1. The summed E-state index contributed by atoms with van der Waals surface area (Å²) in [6, 6.07) is 8.67. The second-order valence-corrected chi connectivity index (χ2v) is 8.69. The van der Waals surface area contributed by atoms with E-state index in [1.807, 2.05) is 0 Å². The second kappa shape index (κ2) is 7.87. The monoisotopic (exact) mass is 371 g/mol. The first-order valence-electron chi connectivity index (χ1n) is 10.3. The minimum atomic E-state index is -0.267. The summed E-state index contributed by atoms with van der Waals surface area (Å²) in [7, 11) is 2.17. The Balaban J connectivity index is 1.49. The maximum atomic E-state index is 10.7. The first kappa shape index (κ1) is 18.9. The number of aliphatic hydroxyl groups excluding tert-OH is 1. The van der Waals surface area contributed by atoms with Gasteiger partial charge in [0.2, 0.25) is 0 Å². The molecule has 0 saturated carbocycles. The van der Waals surface area contributed by atoms with Crippen LogP contribution < -0.4 is 0 Å². The van der Waals surface area contributed by atoms with E-state index in [0.717, 1.165) is 63.7 Å². The summed E-state index contributed by atoms with van der Waals surface area (Å²) >= 11 is 0. The Bertz CT molecular complexity index is 765. The minimum absolute atomic E-state index is 0.252. The van der Waals surface area contributed by atoms with Gasteiger partial charge in [-0.05, 0) is 25.1 Å². The van der Waals surface area contributed by atoms with Gasteiger partial charge in [0.15, 0.2) is 0 Å². The van der Waals surface area contributed by atoms with Crippen LogP contribution in [0.15, 0.2) is 24.3 Å². The maximum Gasteiger partial charge on any atom is 0.124 e. The molecule has 6 heteroatoms. The first-order valence-corrected chi connectivity index (χ1v) is 10.3. The molecule has 2 aliphatic rings. The molecule has 1 aromatic carbocycles. The van der Waals surface area contributed by atoms with E-state index in [4.69, 9.17) is 4.98 Å². The van der Waals surface area contributed by atoms with Crippen LogP contribution in [-0.4, -0.2) is 87.8 Å². The van der Waals surface area contributed by atoms with Crippen LogP contribution in [0.5, 0.6) is 0 Å². The summed E-state index contributed by atoms with van der Waals surface area (Å²) in [6.45, 7) is 12.2. The van der Waals surface area contributed by atoms with Crippen LogP contribution in [0.2, 0.25) is 0 Å². The van der Waals surface area contributed by atoms with Gasteiger partial charge in [0.25, 0.3) is 0 Å². The Labute approximate surface area is 162 Å². The Hall–Kier alpha value is -1.47. The number of rotatable bonds is 5. The molecule has 0 aliphatic carbocycles. The number of piperazine rings is 1. The molecule has 27 heavy (non-hydrogen) atoms. The van der Waals surface area contributed by atoms with Gasteiger partial charge in [0.1, 0.15) is 5.82 Å². The van der Waals surface area contributed by atoms with Crippen molar-refractivity contribution in [1.29, 1.82) is 0 Å². The number of hydrogen-bond acceptors (Lipinski definition) is 5. The average molecular weight is 372 g/mol. The normalized spacial score (nSPS) is 25.8. The molecule has 2 atom stereocenters. The molecular formula is C21H33N5O. The van der Waals surface area contributed by atoms with Crippen molar-refractivity contribution in [1.82, 2.24) is 24.3 Å². The molecule has 4 rings (SSSR count). The number of imidazole rings is 1. The van der Waals surface area contributed by atoms with Crippen molar-refractivity contribution in [3.05, 3.63) is 30.1 Å². The van der Waals surface area contributed by atoms with Crippen molar-refractivity contribution in [2.45, 2.75) is 39.1 Å². The van der Waals surface area contributed by atoms with Crippen LogP contribution in [0, 0.1) is 5.92 Å². The second-order valence-electron chi connectivity index (χ2n) is 8.69. The molecule has 2 saturated heterocycles.